The van der Waals surface area contributed by atoms with E-state index in [4.69, 9.17) is 31.9 Å². The molecule has 0 aliphatic carbocycles. The molecule has 0 saturated carbocycles. The summed E-state index contributed by atoms with van der Waals surface area (Å²) in [5, 5.41) is 21.6. The van der Waals surface area contributed by atoms with Gasteiger partial charge in [0.05, 0.1) is 12.6 Å². The molecule has 15 heteroatoms. The SMILES string of the molecule is NCCCC[C@H](N)c1noc([C@H](CCC(N)=O)NS(=O)(=O)N[C@@H](CO)C(=O)O)n1. The Morgan fingerprint density at radius 1 is 1.21 bits per heavy atom. The third kappa shape index (κ3) is 8.80. The molecule has 1 aromatic heterocycles. The van der Waals surface area contributed by atoms with Crippen molar-refractivity contribution in [1.29, 1.82) is 0 Å². The minimum atomic E-state index is -4.43. The number of nitrogens with two attached hydrogens (primary N) is 3. The predicted octanol–water partition coefficient (Wildman–Crippen LogP) is -2.63. The molecule has 1 aromatic rings. The summed E-state index contributed by atoms with van der Waals surface area (Å²) in [4.78, 5) is 26.1. The number of amides is 1. The van der Waals surface area contributed by atoms with Crippen molar-refractivity contribution in [3.05, 3.63) is 11.7 Å². The van der Waals surface area contributed by atoms with Crippen molar-refractivity contribution in [2.45, 2.75) is 50.2 Å². The van der Waals surface area contributed by atoms with E-state index in [9.17, 15) is 18.0 Å². The number of aliphatic carboxylic acids is 1. The molecule has 0 unspecified atom stereocenters. The fourth-order valence-electron chi connectivity index (χ4n) is 2.27. The summed E-state index contributed by atoms with van der Waals surface area (Å²) in [7, 11) is -4.43. The van der Waals surface area contributed by atoms with Gasteiger partial charge in [0, 0.05) is 6.42 Å². The summed E-state index contributed by atoms with van der Waals surface area (Å²) >= 11 is 0. The number of rotatable bonds is 15. The van der Waals surface area contributed by atoms with Crippen LogP contribution in [0.1, 0.15) is 55.9 Å². The summed E-state index contributed by atoms with van der Waals surface area (Å²) in [5.74, 6) is -2.29. The molecule has 0 aliphatic rings. The molecule has 14 nitrogen and oxygen atoms in total. The van der Waals surface area contributed by atoms with Gasteiger partial charge in [-0.2, -0.15) is 22.8 Å². The topological polar surface area (TPSA) is 250 Å². The molecular formula is C14H27N7O7S. The van der Waals surface area contributed by atoms with Gasteiger partial charge >= 0.3 is 5.97 Å². The molecule has 0 aromatic carbocycles. The number of unbranched alkanes of at least 4 members (excludes halogenated alkanes) is 1. The zero-order valence-corrected chi connectivity index (χ0v) is 16.5. The molecule has 10 N–H and O–H groups in total. The molecule has 0 spiro atoms. The van der Waals surface area contributed by atoms with Gasteiger partial charge in [-0.3, -0.25) is 9.59 Å². The van der Waals surface area contributed by atoms with Gasteiger partial charge in [-0.1, -0.05) is 11.6 Å². The molecule has 0 saturated heterocycles. The Balaban J connectivity index is 2.95. The van der Waals surface area contributed by atoms with E-state index in [1.165, 1.54) is 0 Å². The van der Waals surface area contributed by atoms with E-state index in [0.29, 0.717) is 13.0 Å². The number of aliphatic hydroxyl groups excluding tert-OH is 1. The summed E-state index contributed by atoms with van der Waals surface area (Å²) < 4.78 is 33.4. The Morgan fingerprint density at radius 3 is 2.45 bits per heavy atom. The second kappa shape index (κ2) is 11.7. The first-order valence-electron chi connectivity index (χ1n) is 8.80. The number of aromatic nitrogens is 2. The number of nitrogens with one attached hydrogen (secondary N) is 2. The van der Waals surface area contributed by atoms with E-state index in [1.54, 1.807) is 4.72 Å². The number of carbonyl (C=O) groups is 2. The predicted molar refractivity (Wildman–Crippen MR) is 99.0 cm³/mol. The molecular weight excluding hydrogens is 410 g/mol. The largest absolute Gasteiger partial charge is 0.480 e. The molecule has 1 heterocycles. The first kappa shape index (κ1) is 24.9. The van der Waals surface area contributed by atoms with Gasteiger partial charge in [0.25, 0.3) is 10.2 Å². The van der Waals surface area contributed by atoms with Crippen LogP contribution in [-0.4, -0.2) is 59.8 Å². The fraction of sp³-hybridized carbons (Fsp3) is 0.714. The number of carbonyl (C=O) groups excluding carboxylic acids is 1. The standard InChI is InChI=1S/C14H27N7O7S/c15-6-2-1-3-8(16)12-18-13(28-19-12)9(4-5-11(17)23)20-29(26,27)21-10(7-22)14(24)25/h8-10,20-22H,1-7,15-16H2,(H2,17,23)(H,24,25)/t8-,9-,10-/m0/s1. The number of hydrogen-bond donors (Lipinski definition) is 7. The van der Waals surface area contributed by atoms with Gasteiger partial charge in [0.15, 0.2) is 5.82 Å². The number of primary amides is 1. The van der Waals surface area contributed by atoms with Crippen molar-refractivity contribution in [3.8, 4) is 0 Å². The van der Waals surface area contributed by atoms with Crippen LogP contribution in [0.2, 0.25) is 0 Å². The van der Waals surface area contributed by atoms with Crippen molar-refractivity contribution < 1.29 is 32.7 Å². The molecule has 0 aliphatic heterocycles. The minimum Gasteiger partial charge on any atom is -0.480 e. The molecule has 1 rings (SSSR count). The van der Waals surface area contributed by atoms with Gasteiger partial charge in [0.1, 0.15) is 12.1 Å². The summed E-state index contributed by atoms with van der Waals surface area (Å²) in [5.41, 5.74) is 16.5. The van der Waals surface area contributed by atoms with Crippen molar-refractivity contribution in [3.63, 3.8) is 0 Å². The van der Waals surface area contributed by atoms with Crippen molar-refractivity contribution >= 4 is 22.1 Å². The van der Waals surface area contributed by atoms with Crippen molar-refractivity contribution in [1.82, 2.24) is 19.6 Å². The van der Waals surface area contributed by atoms with Gasteiger partial charge in [-0.25, -0.2) is 0 Å². The van der Waals surface area contributed by atoms with Crippen LogP contribution in [0, 0.1) is 0 Å². The number of nitrogens with zero attached hydrogens (tertiary/aromatic N) is 2. The Hall–Kier alpha value is -2.17. The number of carboxylic acid groups (broad SMARTS) is 1. The zero-order valence-electron chi connectivity index (χ0n) is 15.7. The molecule has 0 fully saturated rings. The fourth-order valence-corrected chi connectivity index (χ4v) is 3.48. The molecule has 166 valence electrons. The lowest BCUT2D eigenvalue weighted by atomic mass is 10.1. The van der Waals surface area contributed by atoms with Gasteiger partial charge in [-0.05, 0) is 25.8 Å². The van der Waals surface area contributed by atoms with E-state index in [2.05, 4.69) is 14.9 Å². The van der Waals surface area contributed by atoms with Crippen LogP contribution < -0.4 is 26.6 Å². The highest BCUT2D eigenvalue weighted by atomic mass is 32.2. The van der Waals surface area contributed by atoms with Crippen LogP contribution >= 0.6 is 0 Å². The average Bonchev–Trinajstić information content (AvgIpc) is 3.13. The van der Waals surface area contributed by atoms with E-state index in [-0.39, 0.29) is 24.6 Å². The Kier molecular flexibility index (Phi) is 10.1. The van der Waals surface area contributed by atoms with E-state index in [1.807, 2.05) is 0 Å². The average molecular weight is 437 g/mol. The maximum Gasteiger partial charge on any atom is 0.324 e. The Labute approximate surface area is 167 Å². The molecule has 0 bridgehead atoms. The lowest BCUT2D eigenvalue weighted by molar-refractivity contribution is -0.139. The summed E-state index contributed by atoms with van der Waals surface area (Å²) in [6.45, 7) is -0.454. The summed E-state index contributed by atoms with van der Waals surface area (Å²) in [6.07, 6.45) is 1.70. The highest BCUT2D eigenvalue weighted by Crippen LogP contribution is 2.21. The Morgan fingerprint density at radius 2 is 1.90 bits per heavy atom. The van der Waals surface area contributed by atoms with Gasteiger partial charge in [-0.15, -0.1) is 0 Å². The lowest BCUT2D eigenvalue weighted by Crippen LogP contribution is -2.49. The van der Waals surface area contributed by atoms with Crippen LogP contribution in [0.3, 0.4) is 0 Å². The normalized spacial score (nSPS) is 15.0. The first-order chi connectivity index (χ1) is 13.6. The Bertz CT molecular complexity index is 770. The van der Waals surface area contributed by atoms with Gasteiger partial charge < -0.3 is 31.9 Å². The number of carboxylic acids is 1. The summed E-state index contributed by atoms with van der Waals surface area (Å²) in [6, 6.07) is -3.50. The lowest BCUT2D eigenvalue weighted by Gasteiger charge is -2.17. The zero-order chi connectivity index (χ0) is 22.0. The maximum absolute atomic E-state index is 12.2. The number of aliphatic hydroxyl groups is 1. The van der Waals surface area contributed by atoms with Crippen LogP contribution in [0.4, 0.5) is 0 Å². The monoisotopic (exact) mass is 437 g/mol. The minimum absolute atomic E-state index is 0.128. The van der Waals surface area contributed by atoms with E-state index < -0.39 is 46.8 Å². The van der Waals surface area contributed by atoms with Crippen molar-refractivity contribution in [2.75, 3.05) is 13.2 Å². The second-order valence-corrected chi connectivity index (χ2v) is 7.73. The number of hydrogen-bond acceptors (Lipinski definition) is 10. The molecule has 3 atom stereocenters. The molecule has 29 heavy (non-hydrogen) atoms. The van der Waals surface area contributed by atoms with Crippen molar-refractivity contribution in [2.24, 2.45) is 17.2 Å². The highest BCUT2D eigenvalue weighted by Gasteiger charge is 2.29. The van der Waals surface area contributed by atoms with E-state index >= 15 is 0 Å². The van der Waals surface area contributed by atoms with E-state index in [0.717, 1.165) is 12.8 Å². The second-order valence-electron chi connectivity index (χ2n) is 6.25. The maximum atomic E-state index is 12.2. The van der Waals surface area contributed by atoms with Crippen LogP contribution in [0.25, 0.3) is 0 Å². The third-order valence-corrected chi connectivity index (χ3v) is 5.00. The smallest absolute Gasteiger partial charge is 0.324 e. The highest BCUT2D eigenvalue weighted by molar-refractivity contribution is 7.87. The van der Waals surface area contributed by atoms with Gasteiger partial charge in [0.2, 0.25) is 11.8 Å². The quantitative estimate of drug-likeness (QED) is 0.140. The third-order valence-electron chi connectivity index (χ3n) is 3.81. The first-order valence-corrected chi connectivity index (χ1v) is 10.3. The molecule has 1 amide bonds. The van der Waals surface area contributed by atoms with Crippen LogP contribution in [0.5, 0.6) is 0 Å². The molecule has 0 radical (unpaired) electrons. The van der Waals surface area contributed by atoms with Crippen LogP contribution in [0.15, 0.2) is 4.52 Å². The van der Waals surface area contributed by atoms with Crippen LogP contribution in [-0.2, 0) is 19.8 Å².